The highest BCUT2D eigenvalue weighted by Gasteiger charge is 2.17. The van der Waals surface area contributed by atoms with E-state index in [1.54, 1.807) is 0 Å². The lowest BCUT2D eigenvalue weighted by atomic mass is 10.1. The van der Waals surface area contributed by atoms with Gasteiger partial charge in [-0.3, -0.25) is 4.90 Å². The molecule has 1 aliphatic heterocycles. The van der Waals surface area contributed by atoms with Crippen LogP contribution in [0.3, 0.4) is 0 Å². The first-order chi connectivity index (χ1) is 20.5. The summed E-state index contributed by atoms with van der Waals surface area (Å²) in [4.78, 5) is 6.63. The van der Waals surface area contributed by atoms with Crippen LogP contribution >= 0.6 is 11.6 Å². The lowest BCUT2D eigenvalue weighted by molar-refractivity contribution is 0.0322. The Morgan fingerprint density at radius 3 is 2.45 bits per heavy atom. The quantitative estimate of drug-likeness (QED) is 0.201. The van der Waals surface area contributed by atoms with Crippen molar-refractivity contribution in [1.29, 1.82) is 5.26 Å². The van der Waals surface area contributed by atoms with Crippen molar-refractivity contribution in [3.63, 3.8) is 0 Å². The molecule has 4 rings (SSSR count). The monoisotopic (exact) mass is 594 g/mol. The van der Waals surface area contributed by atoms with E-state index in [1.165, 1.54) is 0 Å². The van der Waals surface area contributed by atoms with Crippen LogP contribution in [0.4, 0.5) is 5.88 Å². The molecule has 0 unspecified atom stereocenters. The van der Waals surface area contributed by atoms with Crippen LogP contribution in [0.1, 0.15) is 50.1 Å². The summed E-state index contributed by atoms with van der Waals surface area (Å²) in [6.45, 7) is 18.0. The van der Waals surface area contributed by atoms with Crippen LogP contribution in [0, 0.1) is 37.0 Å². The minimum Gasteiger partial charge on any atom is -0.492 e. The molecule has 1 saturated heterocycles. The van der Waals surface area contributed by atoms with Crippen molar-refractivity contribution in [2.45, 2.75) is 48.1 Å². The fraction of sp³-hybridized carbons (Fsp3) is 0.455. The highest BCUT2D eigenvalue weighted by Crippen LogP contribution is 2.33. The molecular formula is C33H43ClN4O4. The smallest absolute Gasteiger partial charge is 0.233 e. The first kappa shape index (κ1) is 34.7. The van der Waals surface area contributed by atoms with E-state index in [0.29, 0.717) is 29.7 Å². The Morgan fingerprint density at radius 1 is 1.05 bits per heavy atom. The number of morpholine rings is 1. The first-order valence-corrected chi connectivity index (χ1v) is 14.9. The number of aromatic nitrogens is 1. The van der Waals surface area contributed by atoms with Gasteiger partial charge in [0.1, 0.15) is 25.0 Å². The second-order valence-corrected chi connectivity index (χ2v) is 9.28. The zero-order valence-electron chi connectivity index (χ0n) is 25.7. The van der Waals surface area contributed by atoms with E-state index < -0.39 is 0 Å². The van der Waals surface area contributed by atoms with E-state index in [9.17, 15) is 5.26 Å². The fourth-order valence-corrected chi connectivity index (χ4v) is 4.18. The van der Waals surface area contributed by atoms with Crippen LogP contribution in [-0.2, 0) is 16.1 Å². The molecule has 3 aromatic rings. The van der Waals surface area contributed by atoms with Crippen LogP contribution in [0.2, 0.25) is 5.02 Å². The fourth-order valence-electron chi connectivity index (χ4n) is 3.99. The number of nitrogens with zero attached hydrogens (tertiary/aromatic N) is 3. The molecule has 2 aromatic carbocycles. The van der Waals surface area contributed by atoms with Gasteiger partial charge >= 0.3 is 0 Å². The summed E-state index contributed by atoms with van der Waals surface area (Å²) >= 11 is 6.43. The second kappa shape index (κ2) is 19.6. The number of oxazole rings is 1. The first-order valence-electron chi connectivity index (χ1n) is 14.5. The van der Waals surface area contributed by atoms with Gasteiger partial charge in [-0.15, -0.1) is 0 Å². The molecule has 42 heavy (non-hydrogen) atoms. The van der Waals surface area contributed by atoms with Gasteiger partial charge in [0.15, 0.2) is 0 Å². The standard InChI is InChI=1S/C29H31ClN4O4.2C2H6/c1-21-17-22(2)27(30)25(18-21)28-33-26(19-31)29(38-28)32-9-3-4-13-36-20-23-5-7-24(8-6-23)37-16-12-34-10-14-35-15-11-34;2*1-2/h5-8,17-18,32H,9-16,20H2,1-2H3;2*1-2H3. The lowest BCUT2D eigenvalue weighted by Crippen LogP contribution is -2.38. The number of benzene rings is 2. The van der Waals surface area contributed by atoms with Crippen molar-refractivity contribution >= 4 is 17.5 Å². The van der Waals surface area contributed by atoms with Crippen LogP contribution in [0.5, 0.6) is 5.75 Å². The minimum atomic E-state index is 0.154. The third-order valence-corrected chi connectivity index (χ3v) is 6.47. The Morgan fingerprint density at radius 2 is 1.76 bits per heavy atom. The summed E-state index contributed by atoms with van der Waals surface area (Å²) in [5.74, 6) is 7.33. The summed E-state index contributed by atoms with van der Waals surface area (Å²) in [5, 5.41) is 13.0. The number of halogens is 1. The maximum absolute atomic E-state index is 9.44. The van der Waals surface area contributed by atoms with Crippen molar-refractivity contribution in [3.8, 4) is 35.1 Å². The normalized spacial score (nSPS) is 12.4. The van der Waals surface area contributed by atoms with E-state index in [-0.39, 0.29) is 24.7 Å². The van der Waals surface area contributed by atoms with Crippen molar-refractivity contribution in [2.24, 2.45) is 0 Å². The molecule has 1 aromatic heterocycles. The number of hydrogen-bond acceptors (Lipinski definition) is 8. The molecule has 0 amide bonds. The molecular weight excluding hydrogens is 552 g/mol. The average molecular weight is 595 g/mol. The lowest BCUT2D eigenvalue weighted by Gasteiger charge is -2.26. The summed E-state index contributed by atoms with van der Waals surface area (Å²) in [6.07, 6.45) is 0. The van der Waals surface area contributed by atoms with Gasteiger partial charge in [-0.05, 0) is 48.7 Å². The number of ether oxygens (including phenoxy) is 3. The van der Waals surface area contributed by atoms with Gasteiger partial charge in [0.25, 0.3) is 0 Å². The molecule has 0 radical (unpaired) electrons. The van der Waals surface area contributed by atoms with Crippen molar-refractivity contribution in [3.05, 3.63) is 63.8 Å². The van der Waals surface area contributed by atoms with Gasteiger partial charge in [-0.25, -0.2) is 0 Å². The predicted molar refractivity (Wildman–Crippen MR) is 169 cm³/mol. The number of aryl methyl sites for hydroxylation is 2. The Labute approximate surface area is 255 Å². The number of hydrogen-bond donors (Lipinski definition) is 1. The van der Waals surface area contributed by atoms with Crippen molar-refractivity contribution in [1.82, 2.24) is 9.88 Å². The molecule has 0 atom stereocenters. The summed E-state index contributed by atoms with van der Waals surface area (Å²) in [5.41, 5.74) is 3.80. The third kappa shape index (κ3) is 11.0. The van der Waals surface area contributed by atoms with Gasteiger partial charge in [0, 0.05) is 19.6 Å². The van der Waals surface area contributed by atoms with Crippen molar-refractivity contribution in [2.75, 3.05) is 57.9 Å². The molecule has 2 heterocycles. The number of anilines is 1. The maximum atomic E-state index is 9.44. The average Bonchev–Trinajstić information content (AvgIpc) is 3.44. The molecule has 8 nitrogen and oxygen atoms in total. The van der Waals surface area contributed by atoms with Gasteiger partial charge in [-0.2, -0.15) is 10.2 Å². The highest BCUT2D eigenvalue weighted by atomic mass is 35.5. The molecule has 1 aliphatic rings. The van der Waals surface area contributed by atoms with Crippen LogP contribution in [0.15, 0.2) is 40.8 Å². The predicted octanol–water partition coefficient (Wildman–Crippen LogP) is 6.88. The zero-order valence-corrected chi connectivity index (χ0v) is 26.4. The van der Waals surface area contributed by atoms with Crippen LogP contribution in [-0.4, -0.2) is 62.5 Å². The molecule has 0 saturated carbocycles. The van der Waals surface area contributed by atoms with Gasteiger partial charge < -0.3 is 23.9 Å². The van der Waals surface area contributed by atoms with E-state index in [2.05, 4.69) is 27.0 Å². The maximum Gasteiger partial charge on any atom is 0.233 e. The van der Waals surface area contributed by atoms with Crippen LogP contribution < -0.4 is 10.1 Å². The van der Waals surface area contributed by atoms with Crippen LogP contribution in [0.25, 0.3) is 11.5 Å². The Kier molecular flexibility index (Phi) is 16.2. The van der Waals surface area contributed by atoms with E-state index >= 15 is 0 Å². The Balaban J connectivity index is 0.00000148. The SMILES string of the molecule is CC.CC.Cc1cc(C)c(Cl)c(-c2nc(C#N)c(NCC#CCOCc3ccc(OCCN4CCOCC4)cc3)o2)c1. The number of nitriles is 1. The summed E-state index contributed by atoms with van der Waals surface area (Å²) in [6, 6.07) is 13.8. The van der Waals surface area contributed by atoms with Crippen molar-refractivity contribution < 1.29 is 18.6 Å². The summed E-state index contributed by atoms with van der Waals surface area (Å²) in [7, 11) is 0. The third-order valence-electron chi connectivity index (χ3n) is 5.97. The zero-order chi connectivity index (χ0) is 30.7. The molecule has 226 valence electrons. The molecule has 0 aliphatic carbocycles. The minimum absolute atomic E-state index is 0.154. The van der Waals surface area contributed by atoms with E-state index in [1.807, 2.05) is 84.0 Å². The van der Waals surface area contributed by atoms with Gasteiger partial charge in [0.2, 0.25) is 17.5 Å². The number of nitrogens with one attached hydrogen (secondary N) is 1. The molecule has 1 fully saturated rings. The summed E-state index contributed by atoms with van der Waals surface area (Å²) < 4.78 is 22.6. The number of rotatable bonds is 10. The van der Waals surface area contributed by atoms with E-state index in [0.717, 1.165) is 55.3 Å². The molecule has 0 spiro atoms. The highest BCUT2D eigenvalue weighted by molar-refractivity contribution is 6.34. The second-order valence-electron chi connectivity index (χ2n) is 8.90. The Hall–Kier alpha value is -3.53. The molecule has 9 heteroatoms. The largest absolute Gasteiger partial charge is 0.492 e. The molecule has 1 N–H and O–H groups in total. The Bertz CT molecular complexity index is 1320. The molecule has 0 bridgehead atoms. The van der Waals surface area contributed by atoms with Gasteiger partial charge in [0.05, 0.1) is 37.0 Å². The topological polar surface area (TPSA) is 92.8 Å². The van der Waals surface area contributed by atoms with E-state index in [4.69, 9.17) is 30.2 Å². The van der Waals surface area contributed by atoms with Gasteiger partial charge in [-0.1, -0.05) is 69.3 Å².